The highest BCUT2D eigenvalue weighted by Crippen LogP contribution is 2.44. The fourth-order valence-corrected chi connectivity index (χ4v) is 4.54. The van der Waals surface area contributed by atoms with E-state index in [2.05, 4.69) is 65.5 Å². The molecule has 0 atom stereocenters. The first kappa shape index (κ1) is 16.7. The van der Waals surface area contributed by atoms with Crippen molar-refractivity contribution < 1.29 is 4.74 Å². The summed E-state index contributed by atoms with van der Waals surface area (Å²) in [5.41, 5.74) is 6.38. The van der Waals surface area contributed by atoms with Gasteiger partial charge in [-0.2, -0.15) is 5.10 Å². The number of nitrogens with zero attached hydrogens (tertiary/aromatic N) is 3. The summed E-state index contributed by atoms with van der Waals surface area (Å²) in [6.45, 7) is 6.00. The number of hydrogen-bond acceptors (Lipinski definition) is 3. The Labute approximate surface area is 160 Å². The average Bonchev–Trinajstić information content (AvgIpc) is 3.26. The van der Waals surface area contributed by atoms with Gasteiger partial charge in [0.05, 0.1) is 24.1 Å². The Kier molecular flexibility index (Phi) is 4.10. The highest BCUT2D eigenvalue weighted by atomic mass is 16.5. The van der Waals surface area contributed by atoms with Crippen LogP contribution in [-0.4, -0.2) is 27.8 Å². The molecule has 0 radical (unpaired) electrons. The molecular weight excluding hydrogens is 334 g/mol. The van der Waals surface area contributed by atoms with Crippen molar-refractivity contribution >= 4 is 0 Å². The van der Waals surface area contributed by atoms with Gasteiger partial charge in [0, 0.05) is 30.9 Å². The molecule has 5 rings (SSSR count). The number of piperidine rings is 1. The van der Waals surface area contributed by atoms with Crippen LogP contribution in [0.4, 0.5) is 0 Å². The van der Waals surface area contributed by atoms with Gasteiger partial charge >= 0.3 is 0 Å². The third-order valence-electron chi connectivity index (χ3n) is 6.18. The van der Waals surface area contributed by atoms with Crippen molar-refractivity contribution in [1.29, 1.82) is 0 Å². The van der Waals surface area contributed by atoms with E-state index in [1.165, 1.54) is 22.4 Å². The molecule has 2 aliphatic heterocycles. The number of aromatic nitrogens is 2. The number of rotatable bonds is 3. The van der Waals surface area contributed by atoms with E-state index >= 15 is 0 Å². The van der Waals surface area contributed by atoms with Crippen molar-refractivity contribution in [2.45, 2.75) is 38.5 Å². The minimum atomic E-state index is -0.0592. The molecule has 0 amide bonds. The number of hydrogen-bond donors (Lipinski definition) is 0. The largest absolute Gasteiger partial charge is 0.365 e. The summed E-state index contributed by atoms with van der Waals surface area (Å²) < 4.78 is 8.33. The molecule has 2 aliphatic rings. The lowest BCUT2D eigenvalue weighted by Gasteiger charge is -2.39. The first-order valence-corrected chi connectivity index (χ1v) is 9.79. The van der Waals surface area contributed by atoms with Gasteiger partial charge in [0.1, 0.15) is 0 Å². The van der Waals surface area contributed by atoms with E-state index in [-0.39, 0.29) is 5.60 Å². The first-order valence-electron chi connectivity index (χ1n) is 9.79. The summed E-state index contributed by atoms with van der Waals surface area (Å²) in [5, 5.41) is 4.62. The fourth-order valence-electron chi connectivity index (χ4n) is 4.54. The van der Waals surface area contributed by atoms with Gasteiger partial charge in [-0.25, -0.2) is 4.68 Å². The zero-order valence-corrected chi connectivity index (χ0v) is 15.8. The number of benzene rings is 2. The zero-order valence-electron chi connectivity index (χ0n) is 15.8. The molecule has 2 aromatic carbocycles. The summed E-state index contributed by atoms with van der Waals surface area (Å²) in [5.74, 6) is 0. The second-order valence-corrected chi connectivity index (χ2v) is 7.72. The van der Waals surface area contributed by atoms with Crippen molar-refractivity contribution in [3.8, 4) is 5.69 Å². The lowest BCUT2D eigenvalue weighted by molar-refractivity contribution is -0.0799. The van der Waals surface area contributed by atoms with E-state index in [0.717, 1.165) is 44.8 Å². The first-order chi connectivity index (χ1) is 13.3. The SMILES string of the molecule is Cc1c(CN2CCC3(CC2)OCc2ccccc23)cnn1-c1ccccc1. The van der Waals surface area contributed by atoms with Crippen LogP contribution in [0.5, 0.6) is 0 Å². The highest BCUT2D eigenvalue weighted by molar-refractivity contribution is 5.36. The van der Waals surface area contributed by atoms with E-state index in [4.69, 9.17) is 4.74 Å². The number of likely N-dealkylation sites (tertiary alicyclic amines) is 1. The Morgan fingerprint density at radius 3 is 2.56 bits per heavy atom. The van der Waals surface area contributed by atoms with Crippen LogP contribution in [0, 0.1) is 6.92 Å². The molecule has 27 heavy (non-hydrogen) atoms. The fraction of sp³-hybridized carbons (Fsp3) is 0.348. The smallest absolute Gasteiger partial charge is 0.0963 e. The summed E-state index contributed by atoms with van der Waals surface area (Å²) in [7, 11) is 0. The molecule has 0 aliphatic carbocycles. The van der Waals surface area contributed by atoms with E-state index in [9.17, 15) is 0 Å². The second-order valence-electron chi connectivity index (χ2n) is 7.72. The Hall–Kier alpha value is -2.43. The summed E-state index contributed by atoms with van der Waals surface area (Å²) in [4.78, 5) is 2.54. The van der Waals surface area contributed by atoms with Gasteiger partial charge in [-0.3, -0.25) is 4.90 Å². The van der Waals surface area contributed by atoms with Crippen molar-refractivity contribution in [3.63, 3.8) is 0 Å². The maximum absolute atomic E-state index is 6.29. The molecule has 0 bridgehead atoms. The van der Waals surface area contributed by atoms with E-state index in [1.807, 2.05) is 16.9 Å². The topological polar surface area (TPSA) is 30.3 Å². The lowest BCUT2D eigenvalue weighted by atomic mass is 9.84. The van der Waals surface area contributed by atoms with E-state index < -0.39 is 0 Å². The van der Waals surface area contributed by atoms with Crippen LogP contribution >= 0.6 is 0 Å². The molecule has 138 valence electrons. The van der Waals surface area contributed by atoms with Crippen molar-refractivity contribution in [1.82, 2.24) is 14.7 Å². The molecule has 1 saturated heterocycles. The molecule has 1 fully saturated rings. The standard InChI is InChI=1S/C23H25N3O/c1-18-20(15-24-26(18)21-8-3-2-4-9-21)16-25-13-11-23(12-14-25)22-10-6-5-7-19(22)17-27-23/h2-10,15H,11-14,16-17H2,1H3. The van der Waals surface area contributed by atoms with E-state index in [0.29, 0.717) is 0 Å². The van der Waals surface area contributed by atoms with Gasteiger partial charge in [-0.1, -0.05) is 42.5 Å². The Bertz CT molecular complexity index is 939. The summed E-state index contributed by atoms with van der Waals surface area (Å²) in [6, 6.07) is 19.1. The quantitative estimate of drug-likeness (QED) is 0.702. The molecule has 1 aromatic heterocycles. The van der Waals surface area contributed by atoms with Gasteiger partial charge in [-0.05, 0) is 43.0 Å². The molecule has 1 spiro atoms. The number of fused-ring (bicyclic) bond motifs is 2. The normalized spacial score (nSPS) is 18.7. The van der Waals surface area contributed by atoms with Gasteiger partial charge in [0.2, 0.25) is 0 Å². The predicted molar refractivity (Wildman–Crippen MR) is 106 cm³/mol. The van der Waals surface area contributed by atoms with Crippen LogP contribution in [-0.2, 0) is 23.5 Å². The van der Waals surface area contributed by atoms with Crippen LogP contribution in [0.25, 0.3) is 5.69 Å². The van der Waals surface area contributed by atoms with Crippen molar-refractivity contribution in [2.24, 2.45) is 0 Å². The maximum Gasteiger partial charge on any atom is 0.0963 e. The molecule has 0 saturated carbocycles. The molecular formula is C23H25N3O. The number of para-hydroxylation sites is 1. The van der Waals surface area contributed by atoms with Crippen LogP contribution in [0.2, 0.25) is 0 Å². The van der Waals surface area contributed by atoms with Gasteiger partial charge < -0.3 is 4.74 Å². The highest BCUT2D eigenvalue weighted by Gasteiger charge is 2.42. The lowest BCUT2D eigenvalue weighted by Crippen LogP contribution is -2.42. The molecule has 3 heterocycles. The maximum atomic E-state index is 6.29. The minimum absolute atomic E-state index is 0.0592. The molecule has 0 unspecified atom stereocenters. The molecule has 4 heteroatoms. The van der Waals surface area contributed by atoms with Crippen LogP contribution in [0.15, 0.2) is 60.8 Å². The van der Waals surface area contributed by atoms with Gasteiger partial charge in [0.15, 0.2) is 0 Å². The van der Waals surface area contributed by atoms with E-state index in [1.54, 1.807) is 0 Å². The van der Waals surface area contributed by atoms with Crippen LogP contribution < -0.4 is 0 Å². The second kappa shape index (κ2) is 6.63. The van der Waals surface area contributed by atoms with Crippen molar-refractivity contribution in [2.75, 3.05) is 13.1 Å². The monoisotopic (exact) mass is 359 g/mol. The average molecular weight is 359 g/mol. The number of ether oxygens (including phenoxy) is 1. The van der Waals surface area contributed by atoms with Gasteiger partial charge in [0.25, 0.3) is 0 Å². The van der Waals surface area contributed by atoms with Crippen LogP contribution in [0.1, 0.15) is 35.2 Å². The Morgan fingerprint density at radius 2 is 1.74 bits per heavy atom. The summed E-state index contributed by atoms with van der Waals surface area (Å²) >= 11 is 0. The molecule has 4 nitrogen and oxygen atoms in total. The molecule has 3 aromatic rings. The predicted octanol–water partition coefficient (Wildman–Crippen LogP) is 4.20. The summed E-state index contributed by atoms with van der Waals surface area (Å²) in [6.07, 6.45) is 4.15. The molecule has 0 N–H and O–H groups in total. The van der Waals surface area contributed by atoms with Crippen LogP contribution in [0.3, 0.4) is 0 Å². The van der Waals surface area contributed by atoms with Crippen molar-refractivity contribution in [3.05, 3.63) is 83.2 Å². The van der Waals surface area contributed by atoms with Gasteiger partial charge in [-0.15, -0.1) is 0 Å². The Morgan fingerprint density at radius 1 is 1.00 bits per heavy atom. The Balaban J connectivity index is 1.29. The third-order valence-corrected chi connectivity index (χ3v) is 6.18. The minimum Gasteiger partial charge on any atom is -0.365 e. The zero-order chi connectivity index (χ0) is 18.3. The third kappa shape index (κ3) is 2.89.